The van der Waals surface area contributed by atoms with Crippen molar-refractivity contribution in [2.45, 2.75) is 25.9 Å². The number of carbonyl (C=O) groups is 3. The molecular formula is C21H22ClN3O3S. The number of nitrogens with zero attached hydrogens (tertiary/aromatic N) is 2. The summed E-state index contributed by atoms with van der Waals surface area (Å²) in [6.07, 6.45) is 1.61. The maximum atomic E-state index is 13.0. The van der Waals surface area contributed by atoms with Gasteiger partial charge in [0.15, 0.2) is 0 Å². The number of imide groups is 1. The molecule has 0 saturated carbocycles. The molecule has 2 aromatic rings. The molecule has 6 nitrogen and oxygen atoms in total. The van der Waals surface area contributed by atoms with Gasteiger partial charge in [0, 0.05) is 11.4 Å². The van der Waals surface area contributed by atoms with Gasteiger partial charge in [0.05, 0.1) is 10.9 Å². The second-order valence-corrected chi connectivity index (χ2v) is 8.88. The molecule has 1 unspecified atom stereocenters. The normalized spacial score (nSPS) is 18.7. The minimum absolute atomic E-state index is 0.299. The van der Waals surface area contributed by atoms with Crippen LogP contribution in [0.4, 0.5) is 4.79 Å². The summed E-state index contributed by atoms with van der Waals surface area (Å²) in [5, 5.41) is 2.73. The Balaban J connectivity index is 1.76. The zero-order valence-electron chi connectivity index (χ0n) is 16.3. The molecule has 0 aliphatic carbocycles. The molecule has 152 valence electrons. The van der Waals surface area contributed by atoms with Crippen LogP contribution in [0.5, 0.6) is 0 Å². The summed E-state index contributed by atoms with van der Waals surface area (Å²) in [6.45, 7) is 7.58. The number of urea groups is 1. The van der Waals surface area contributed by atoms with Crippen molar-refractivity contribution in [2.75, 3.05) is 13.1 Å². The average molecular weight is 432 g/mol. The van der Waals surface area contributed by atoms with Crippen molar-refractivity contribution >= 4 is 40.8 Å². The van der Waals surface area contributed by atoms with Crippen LogP contribution in [0.15, 0.2) is 49.1 Å². The first-order valence-corrected chi connectivity index (χ1v) is 10.3. The van der Waals surface area contributed by atoms with Gasteiger partial charge in [0.2, 0.25) is 5.91 Å². The van der Waals surface area contributed by atoms with E-state index in [0.29, 0.717) is 23.0 Å². The van der Waals surface area contributed by atoms with Crippen LogP contribution in [0, 0.1) is 6.92 Å². The highest BCUT2D eigenvalue weighted by atomic mass is 35.5. The Labute approximate surface area is 178 Å². The molecule has 0 bridgehead atoms. The molecule has 1 aliphatic rings. The fraction of sp³-hybridized carbons (Fsp3) is 0.286. The van der Waals surface area contributed by atoms with E-state index in [1.165, 1.54) is 16.2 Å². The molecule has 2 heterocycles. The molecule has 1 atom stereocenters. The second kappa shape index (κ2) is 8.39. The van der Waals surface area contributed by atoms with Crippen LogP contribution in [-0.4, -0.2) is 40.7 Å². The van der Waals surface area contributed by atoms with Crippen LogP contribution >= 0.6 is 22.9 Å². The van der Waals surface area contributed by atoms with Crippen molar-refractivity contribution in [3.63, 3.8) is 0 Å². The van der Waals surface area contributed by atoms with Crippen molar-refractivity contribution in [3.8, 4) is 0 Å². The van der Waals surface area contributed by atoms with Gasteiger partial charge in [-0.3, -0.25) is 14.5 Å². The van der Waals surface area contributed by atoms with E-state index < -0.39 is 17.5 Å². The predicted molar refractivity (Wildman–Crippen MR) is 114 cm³/mol. The Kier molecular flexibility index (Phi) is 6.10. The number of halogens is 1. The van der Waals surface area contributed by atoms with Crippen molar-refractivity contribution < 1.29 is 14.4 Å². The predicted octanol–water partition coefficient (Wildman–Crippen LogP) is 3.69. The van der Waals surface area contributed by atoms with E-state index in [0.717, 1.165) is 15.3 Å². The Morgan fingerprint density at radius 2 is 1.97 bits per heavy atom. The number of hydrogen-bond acceptors (Lipinski definition) is 4. The molecule has 3 rings (SSSR count). The number of nitrogens with one attached hydrogen (secondary N) is 1. The van der Waals surface area contributed by atoms with E-state index in [4.69, 9.17) is 11.6 Å². The summed E-state index contributed by atoms with van der Waals surface area (Å²) in [5.74, 6) is -0.788. The molecule has 1 aromatic carbocycles. The van der Waals surface area contributed by atoms with E-state index in [1.54, 1.807) is 19.1 Å². The van der Waals surface area contributed by atoms with E-state index in [2.05, 4.69) is 11.9 Å². The smallest absolute Gasteiger partial charge is 0.325 e. The molecule has 1 aromatic heterocycles. The average Bonchev–Trinajstić information content (AvgIpc) is 3.18. The van der Waals surface area contributed by atoms with Gasteiger partial charge >= 0.3 is 6.03 Å². The lowest BCUT2D eigenvalue weighted by Gasteiger charge is -2.24. The zero-order chi connectivity index (χ0) is 21.2. The summed E-state index contributed by atoms with van der Waals surface area (Å²) in [7, 11) is 0. The Morgan fingerprint density at radius 3 is 2.55 bits per heavy atom. The zero-order valence-corrected chi connectivity index (χ0v) is 17.8. The third-order valence-corrected chi connectivity index (χ3v) is 6.09. The highest BCUT2D eigenvalue weighted by Crippen LogP contribution is 2.29. The van der Waals surface area contributed by atoms with Crippen molar-refractivity contribution in [1.82, 2.24) is 15.1 Å². The van der Waals surface area contributed by atoms with Gasteiger partial charge in [-0.25, -0.2) is 4.79 Å². The number of rotatable bonds is 7. The van der Waals surface area contributed by atoms with E-state index in [1.807, 2.05) is 37.3 Å². The van der Waals surface area contributed by atoms with Crippen molar-refractivity contribution in [3.05, 3.63) is 69.4 Å². The number of hydrogen-bond donors (Lipinski definition) is 1. The lowest BCUT2D eigenvalue weighted by Crippen LogP contribution is -2.44. The van der Waals surface area contributed by atoms with Gasteiger partial charge in [-0.05, 0) is 31.5 Å². The largest absolute Gasteiger partial charge is 0.332 e. The Bertz CT molecular complexity index is 956. The first-order chi connectivity index (χ1) is 13.7. The van der Waals surface area contributed by atoms with Gasteiger partial charge in [0.1, 0.15) is 12.1 Å². The fourth-order valence-electron chi connectivity index (χ4n) is 3.19. The molecule has 1 aliphatic heterocycles. The van der Waals surface area contributed by atoms with Gasteiger partial charge in [-0.2, -0.15) is 0 Å². The molecule has 1 fully saturated rings. The van der Waals surface area contributed by atoms with E-state index >= 15 is 0 Å². The second-order valence-electron chi connectivity index (χ2n) is 7.08. The summed E-state index contributed by atoms with van der Waals surface area (Å²) >= 11 is 7.34. The molecule has 1 N–H and O–H groups in total. The molecule has 8 heteroatoms. The minimum atomic E-state index is -1.20. The van der Waals surface area contributed by atoms with E-state index in [-0.39, 0.29) is 12.5 Å². The van der Waals surface area contributed by atoms with Gasteiger partial charge in [-0.1, -0.05) is 47.5 Å². The monoisotopic (exact) mass is 431 g/mol. The molecule has 0 spiro atoms. The lowest BCUT2D eigenvalue weighted by atomic mass is 9.91. The van der Waals surface area contributed by atoms with Crippen LogP contribution < -0.4 is 5.32 Å². The van der Waals surface area contributed by atoms with Crippen LogP contribution in [0.2, 0.25) is 4.34 Å². The van der Waals surface area contributed by atoms with Gasteiger partial charge in [-0.15, -0.1) is 17.9 Å². The van der Waals surface area contributed by atoms with Crippen LogP contribution in [0.1, 0.15) is 22.9 Å². The number of amides is 4. The van der Waals surface area contributed by atoms with Gasteiger partial charge < -0.3 is 10.2 Å². The highest BCUT2D eigenvalue weighted by Gasteiger charge is 2.49. The lowest BCUT2D eigenvalue weighted by molar-refractivity contribution is -0.138. The summed E-state index contributed by atoms with van der Waals surface area (Å²) < 4.78 is 0.633. The fourth-order valence-corrected chi connectivity index (χ4v) is 4.30. The number of carbonyl (C=O) groups excluding carboxylic acids is 3. The summed E-state index contributed by atoms with van der Waals surface area (Å²) in [4.78, 5) is 41.8. The third-order valence-electron chi connectivity index (χ3n) is 4.88. The molecule has 0 radical (unpaired) electrons. The standard InChI is InChI=1S/C21H22ClN3O3S/c1-4-11-24(12-16-9-10-17(22)29-16)18(26)13-25-19(27)21(3,23-20(25)28)15-7-5-14(2)6-8-15/h4-10H,1,11-13H2,2-3H3,(H,23,28). The molecule has 1 saturated heterocycles. The summed E-state index contributed by atoms with van der Waals surface area (Å²) in [6, 6.07) is 10.4. The quantitative estimate of drug-likeness (QED) is 0.537. The topological polar surface area (TPSA) is 69.7 Å². The number of aryl methyl sites for hydroxylation is 1. The Hall–Kier alpha value is -2.64. The number of thiophene rings is 1. The highest BCUT2D eigenvalue weighted by molar-refractivity contribution is 7.16. The van der Waals surface area contributed by atoms with E-state index in [9.17, 15) is 14.4 Å². The first-order valence-electron chi connectivity index (χ1n) is 9.08. The molecular weight excluding hydrogens is 410 g/mol. The van der Waals surface area contributed by atoms with Crippen LogP contribution in [0.25, 0.3) is 0 Å². The maximum Gasteiger partial charge on any atom is 0.325 e. The van der Waals surface area contributed by atoms with Crippen molar-refractivity contribution in [1.29, 1.82) is 0 Å². The maximum absolute atomic E-state index is 13.0. The SMILES string of the molecule is C=CCN(Cc1ccc(Cl)s1)C(=O)CN1C(=O)NC(C)(c2ccc(C)cc2)C1=O. The van der Waals surface area contributed by atoms with Crippen LogP contribution in [-0.2, 0) is 21.7 Å². The van der Waals surface area contributed by atoms with Gasteiger partial charge in [0.25, 0.3) is 5.91 Å². The first kappa shape index (κ1) is 21.1. The molecule has 29 heavy (non-hydrogen) atoms. The van der Waals surface area contributed by atoms with Crippen LogP contribution in [0.3, 0.4) is 0 Å². The Morgan fingerprint density at radius 1 is 1.28 bits per heavy atom. The third kappa shape index (κ3) is 4.36. The minimum Gasteiger partial charge on any atom is -0.332 e. The van der Waals surface area contributed by atoms with Crippen molar-refractivity contribution in [2.24, 2.45) is 0 Å². The summed E-state index contributed by atoms with van der Waals surface area (Å²) in [5.41, 5.74) is 0.526. The molecule has 4 amide bonds. The number of benzene rings is 1.